The molecule has 2 aromatic carbocycles. The van der Waals surface area contributed by atoms with Crippen LogP contribution in [0.2, 0.25) is 0 Å². The molecule has 110 valence electrons. The first kappa shape index (κ1) is 14.3. The highest BCUT2D eigenvalue weighted by atomic mass is 16.5. The second-order valence-corrected chi connectivity index (χ2v) is 6.12. The van der Waals surface area contributed by atoms with Gasteiger partial charge in [0.25, 0.3) is 0 Å². The van der Waals surface area contributed by atoms with Crippen LogP contribution in [0.3, 0.4) is 0 Å². The maximum absolute atomic E-state index is 10.6. The Hall–Kier alpha value is -1.64. The van der Waals surface area contributed by atoms with Crippen molar-refractivity contribution in [3.05, 3.63) is 69.3 Å². The third-order valence-corrected chi connectivity index (χ3v) is 4.37. The summed E-state index contributed by atoms with van der Waals surface area (Å²) < 4.78 is 5.44. The third kappa shape index (κ3) is 2.87. The Morgan fingerprint density at radius 2 is 1.67 bits per heavy atom. The van der Waals surface area contributed by atoms with Gasteiger partial charge in [0.05, 0.1) is 19.3 Å². The first-order valence-electron chi connectivity index (χ1n) is 7.49. The van der Waals surface area contributed by atoms with Gasteiger partial charge in [0.15, 0.2) is 0 Å². The topological polar surface area (TPSA) is 29.5 Å². The normalized spacial score (nSPS) is 15.0. The van der Waals surface area contributed by atoms with Gasteiger partial charge in [0.1, 0.15) is 0 Å². The molecule has 0 bridgehead atoms. The van der Waals surface area contributed by atoms with E-state index in [0.717, 1.165) is 5.56 Å². The number of aryl methyl sites for hydroxylation is 3. The summed E-state index contributed by atoms with van der Waals surface area (Å²) in [7, 11) is 0. The fourth-order valence-corrected chi connectivity index (χ4v) is 3.24. The number of benzene rings is 2. The van der Waals surface area contributed by atoms with Gasteiger partial charge in [-0.2, -0.15) is 0 Å². The van der Waals surface area contributed by atoms with E-state index in [4.69, 9.17) is 4.74 Å². The van der Waals surface area contributed by atoms with Crippen molar-refractivity contribution in [2.75, 3.05) is 0 Å². The number of fused-ring (bicyclic) bond motifs is 1. The lowest BCUT2D eigenvalue weighted by Gasteiger charge is -2.16. The van der Waals surface area contributed by atoms with Gasteiger partial charge in [0, 0.05) is 6.42 Å². The highest BCUT2D eigenvalue weighted by Crippen LogP contribution is 2.27. The van der Waals surface area contributed by atoms with Gasteiger partial charge in [-0.25, -0.2) is 0 Å². The number of ether oxygens (including phenoxy) is 1. The summed E-state index contributed by atoms with van der Waals surface area (Å²) in [6.45, 7) is 7.72. The van der Waals surface area contributed by atoms with E-state index in [-0.39, 0.29) is 0 Å². The molecule has 1 unspecified atom stereocenters. The summed E-state index contributed by atoms with van der Waals surface area (Å²) in [4.78, 5) is 0. The Balaban J connectivity index is 1.85. The Labute approximate surface area is 126 Å². The first-order chi connectivity index (χ1) is 10.0. The van der Waals surface area contributed by atoms with Crippen LogP contribution in [0, 0.1) is 20.8 Å². The fraction of sp³-hybridized carbons (Fsp3) is 0.368. The lowest BCUT2D eigenvalue weighted by atomic mass is 9.92. The molecule has 0 radical (unpaired) electrons. The Morgan fingerprint density at radius 1 is 1.00 bits per heavy atom. The predicted molar refractivity (Wildman–Crippen MR) is 84.3 cm³/mol. The van der Waals surface area contributed by atoms with Crippen LogP contribution in [0.1, 0.15) is 45.0 Å². The van der Waals surface area contributed by atoms with Crippen molar-refractivity contribution < 1.29 is 9.84 Å². The standard InChI is InChI=1S/C19H22O2/c1-12-6-13(2)18(14(3)7-12)9-19(20)15-4-5-16-10-21-11-17(16)8-15/h4-8,19-20H,9-11H2,1-3H3. The van der Waals surface area contributed by atoms with E-state index in [2.05, 4.69) is 45.0 Å². The Morgan fingerprint density at radius 3 is 2.38 bits per heavy atom. The van der Waals surface area contributed by atoms with E-state index in [1.165, 1.54) is 33.4 Å². The summed E-state index contributed by atoms with van der Waals surface area (Å²) in [6, 6.07) is 10.6. The van der Waals surface area contributed by atoms with E-state index < -0.39 is 6.10 Å². The molecular weight excluding hydrogens is 260 g/mol. The molecule has 0 saturated heterocycles. The Bertz CT molecular complexity index is 650. The molecule has 0 fully saturated rings. The summed E-state index contributed by atoms with van der Waals surface area (Å²) >= 11 is 0. The number of rotatable bonds is 3. The molecule has 0 saturated carbocycles. The summed E-state index contributed by atoms with van der Waals surface area (Å²) in [6.07, 6.45) is 0.202. The summed E-state index contributed by atoms with van der Waals surface area (Å²) in [5.41, 5.74) is 8.49. The smallest absolute Gasteiger partial charge is 0.0830 e. The molecule has 1 N–H and O–H groups in total. The number of aliphatic hydroxyl groups is 1. The maximum Gasteiger partial charge on any atom is 0.0830 e. The molecular formula is C19H22O2. The molecule has 0 amide bonds. The van der Waals surface area contributed by atoms with Gasteiger partial charge in [0.2, 0.25) is 0 Å². The average Bonchev–Trinajstić information content (AvgIpc) is 2.89. The van der Waals surface area contributed by atoms with Crippen molar-refractivity contribution in [1.82, 2.24) is 0 Å². The van der Waals surface area contributed by atoms with Crippen LogP contribution < -0.4 is 0 Å². The van der Waals surface area contributed by atoms with Crippen LogP contribution in [-0.4, -0.2) is 5.11 Å². The summed E-state index contributed by atoms with van der Waals surface area (Å²) in [5, 5.41) is 10.6. The quantitative estimate of drug-likeness (QED) is 0.924. The largest absolute Gasteiger partial charge is 0.388 e. The van der Waals surface area contributed by atoms with E-state index in [1.807, 2.05) is 6.07 Å². The molecule has 1 atom stereocenters. The van der Waals surface area contributed by atoms with Gasteiger partial charge in [-0.05, 0) is 54.2 Å². The van der Waals surface area contributed by atoms with Gasteiger partial charge < -0.3 is 9.84 Å². The van der Waals surface area contributed by atoms with Gasteiger partial charge in [-0.15, -0.1) is 0 Å². The average molecular weight is 282 g/mol. The summed E-state index contributed by atoms with van der Waals surface area (Å²) in [5.74, 6) is 0. The number of hydrogen-bond acceptors (Lipinski definition) is 2. The van der Waals surface area contributed by atoms with Crippen LogP contribution in [0.5, 0.6) is 0 Å². The molecule has 3 rings (SSSR count). The van der Waals surface area contributed by atoms with Crippen molar-refractivity contribution in [1.29, 1.82) is 0 Å². The lowest BCUT2D eigenvalue weighted by molar-refractivity contribution is 0.134. The van der Waals surface area contributed by atoms with Crippen molar-refractivity contribution in [3.63, 3.8) is 0 Å². The first-order valence-corrected chi connectivity index (χ1v) is 7.49. The molecule has 2 aromatic rings. The zero-order valence-corrected chi connectivity index (χ0v) is 12.9. The minimum atomic E-state index is -0.462. The molecule has 0 spiro atoms. The third-order valence-electron chi connectivity index (χ3n) is 4.37. The van der Waals surface area contributed by atoms with Crippen molar-refractivity contribution in [2.45, 2.75) is 46.5 Å². The second-order valence-electron chi connectivity index (χ2n) is 6.12. The minimum absolute atomic E-state index is 0.462. The Kier molecular flexibility index (Phi) is 3.83. The van der Waals surface area contributed by atoms with Crippen molar-refractivity contribution in [3.8, 4) is 0 Å². The zero-order valence-electron chi connectivity index (χ0n) is 12.9. The van der Waals surface area contributed by atoms with E-state index in [9.17, 15) is 5.11 Å². The van der Waals surface area contributed by atoms with Gasteiger partial charge in [-0.3, -0.25) is 0 Å². The number of hydrogen-bond donors (Lipinski definition) is 1. The van der Waals surface area contributed by atoms with E-state index in [0.29, 0.717) is 19.6 Å². The van der Waals surface area contributed by atoms with Crippen LogP contribution in [0.15, 0.2) is 30.3 Å². The lowest BCUT2D eigenvalue weighted by Crippen LogP contribution is -2.06. The van der Waals surface area contributed by atoms with Crippen molar-refractivity contribution in [2.24, 2.45) is 0 Å². The molecule has 0 aromatic heterocycles. The molecule has 0 aliphatic carbocycles. The maximum atomic E-state index is 10.6. The van der Waals surface area contributed by atoms with Crippen LogP contribution >= 0.6 is 0 Å². The second kappa shape index (κ2) is 5.63. The van der Waals surface area contributed by atoms with Gasteiger partial charge in [-0.1, -0.05) is 35.9 Å². The highest BCUT2D eigenvalue weighted by molar-refractivity contribution is 5.40. The van der Waals surface area contributed by atoms with Crippen LogP contribution in [-0.2, 0) is 24.4 Å². The van der Waals surface area contributed by atoms with Gasteiger partial charge >= 0.3 is 0 Å². The minimum Gasteiger partial charge on any atom is -0.388 e. The fourth-order valence-electron chi connectivity index (χ4n) is 3.24. The van der Waals surface area contributed by atoms with Crippen LogP contribution in [0.25, 0.3) is 0 Å². The highest BCUT2D eigenvalue weighted by Gasteiger charge is 2.16. The molecule has 1 aliphatic rings. The van der Waals surface area contributed by atoms with Crippen LogP contribution in [0.4, 0.5) is 0 Å². The zero-order chi connectivity index (χ0) is 15.0. The van der Waals surface area contributed by atoms with E-state index >= 15 is 0 Å². The predicted octanol–water partition coefficient (Wildman–Crippen LogP) is 3.92. The number of aliphatic hydroxyl groups excluding tert-OH is 1. The molecule has 1 aliphatic heterocycles. The monoisotopic (exact) mass is 282 g/mol. The molecule has 1 heterocycles. The molecule has 21 heavy (non-hydrogen) atoms. The van der Waals surface area contributed by atoms with E-state index in [1.54, 1.807) is 0 Å². The SMILES string of the molecule is Cc1cc(C)c(CC(O)c2ccc3c(c2)COC3)c(C)c1. The molecule has 2 heteroatoms. The molecule has 2 nitrogen and oxygen atoms in total. The van der Waals surface area contributed by atoms with Crippen molar-refractivity contribution >= 4 is 0 Å².